The predicted molar refractivity (Wildman–Crippen MR) is 100 cm³/mol. The Hall–Kier alpha value is -4.08. The Bertz CT molecular complexity index is 1070. The average Bonchev–Trinajstić information content (AvgIpc) is 3.15. The van der Waals surface area contributed by atoms with Crippen LogP contribution in [0.15, 0.2) is 65.9 Å². The minimum absolute atomic E-state index is 0.0365. The number of hydrogen-bond acceptors (Lipinski definition) is 7. The highest BCUT2D eigenvalue weighted by atomic mass is 16.6. The van der Waals surface area contributed by atoms with Gasteiger partial charge in [0.15, 0.2) is 0 Å². The summed E-state index contributed by atoms with van der Waals surface area (Å²) in [6.07, 6.45) is 0. The fourth-order valence-electron chi connectivity index (χ4n) is 3.11. The zero-order valence-corrected chi connectivity index (χ0v) is 14.7. The number of nitro benzene ring substituents is 1. The lowest BCUT2D eigenvalue weighted by Crippen LogP contribution is -2.31. The molecule has 0 saturated carbocycles. The number of para-hydroxylation sites is 1. The molecule has 1 aliphatic rings. The Morgan fingerprint density at radius 1 is 1.18 bits per heavy atom. The summed E-state index contributed by atoms with van der Waals surface area (Å²) in [5.41, 5.74) is 2.28. The first-order valence-electron chi connectivity index (χ1n) is 8.41. The summed E-state index contributed by atoms with van der Waals surface area (Å²) in [5, 5.41) is 28.4. The number of amides is 1. The number of carbonyl (C=O) groups is 1. The molecular formula is C18H15N7O3. The molecule has 2 N–H and O–H groups in total. The molecule has 0 unspecified atom stereocenters. The average molecular weight is 377 g/mol. The molecule has 1 aliphatic heterocycles. The van der Waals surface area contributed by atoms with Gasteiger partial charge in [-0.05, 0) is 47.2 Å². The van der Waals surface area contributed by atoms with Crippen molar-refractivity contribution in [3.05, 3.63) is 81.5 Å². The molecule has 28 heavy (non-hydrogen) atoms. The summed E-state index contributed by atoms with van der Waals surface area (Å²) in [6, 6.07) is 14.4. The van der Waals surface area contributed by atoms with Gasteiger partial charge >= 0.3 is 0 Å². The summed E-state index contributed by atoms with van der Waals surface area (Å²) >= 11 is 0. The number of nitrogens with one attached hydrogen (secondary N) is 2. The molecule has 10 nitrogen and oxygen atoms in total. The van der Waals surface area contributed by atoms with E-state index in [1.165, 1.54) is 16.8 Å². The van der Waals surface area contributed by atoms with E-state index in [4.69, 9.17) is 0 Å². The Kier molecular flexibility index (Phi) is 4.28. The standard InChI is InChI=1S/C18H15N7O3/c1-11-15(17(26)20-13-5-3-2-4-6-13)16(24-18(19-11)21-22-23-24)12-7-9-14(10-8-12)25(27)28/h2-10,16H,1H3,(H,20,26)(H,19,21,23)/t16-/m1/s1. The van der Waals surface area contributed by atoms with Crippen molar-refractivity contribution >= 4 is 23.2 Å². The number of benzene rings is 2. The summed E-state index contributed by atoms with van der Waals surface area (Å²) in [4.78, 5) is 23.6. The van der Waals surface area contributed by atoms with Crippen molar-refractivity contribution in [1.82, 2.24) is 20.2 Å². The molecule has 1 amide bonds. The van der Waals surface area contributed by atoms with Crippen LogP contribution in [0, 0.1) is 10.1 Å². The van der Waals surface area contributed by atoms with Gasteiger partial charge in [0.25, 0.3) is 11.6 Å². The van der Waals surface area contributed by atoms with E-state index in [0.29, 0.717) is 28.5 Å². The second-order valence-electron chi connectivity index (χ2n) is 6.18. The highest BCUT2D eigenvalue weighted by Gasteiger charge is 2.34. The Balaban J connectivity index is 1.76. The maximum absolute atomic E-state index is 13.1. The Morgan fingerprint density at radius 2 is 1.89 bits per heavy atom. The van der Waals surface area contributed by atoms with Crippen molar-refractivity contribution in [2.24, 2.45) is 0 Å². The van der Waals surface area contributed by atoms with Crippen molar-refractivity contribution in [3.8, 4) is 0 Å². The number of anilines is 2. The third kappa shape index (κ3) is 3.07. The fraction of sp³-hybridized carbons (Fsp3) is 0.111. The van der Waals surface area contributed by atoms with E-state index in [-0.39, 0.29) is 11.6 Å². The molecule has 1 atom stereocenters. The summed E-state index contributed by atoms with van der Waals surface area (Å²) < 4.78 is 1.48. The quantitative estimate of drug-likeness (QED) is 0.528. The van der Waals surface area contributed by atoms with Gasteiger partial charge in [-0.25, -0.2) is 0 Å². The molecule has 0 fully saturated rings. The second kappa shape index (κ2) is 6.91. The number of aromatic nitrogens is 4. The molecule has 140 valence electrons. The van der Waals surface area contributed by atoms with Crippen LogP contribution >= 0.6 is 0 Å². The first kappa shape index (κ1) is 17.3. The molecule has 2 heterocycles. The number of tetrazole rings is 1. The summed E-state index contributed by atoms with van der Waals surface area (Å²) in [7, 11) is 0. The van der Waals surface area contributed by atoms with E-state index < -0.39 is 11.0 Å². The number of allylic oxidation sites excluding steroid dienone is 1. The summed E-state index contributed by atoms with van der Waals surface area (Å²) in [5.74, 6) is 0.0674. The van der Waals surface area contributed by atoms with Crippen LogP contribution in [-0.4, -0.2) is 31.0 Å². The van der Waals surface area contributed by atoms with Crippen molar-refractivity contribution in [2.75, 3.05) is 10.6 Å². The molecule has 3 aromatic rings. The first-order valence-corrected chi connectivity index (χ1v) is 8.41. The fourth-order valence-corrected chi connectivity index (χ4v) is 3.11. The molecular weight excluding hydrogens is 362 g/mol. The molecule has 10 heteroatoms. The normalized spacial score (nSPS) is 15.5. The van der Waals surface area contributed by atoms with E-state index in [1.807, 2.05) is 18.2 Å². The summed E-state index contributed by atoms with van der Waals surface area (Å²) in [6.45, 7) is 1.76. The largest absolute Gasteiger partial charge is 0.326 e. The lowest BCUT2D eigenvalue weighted by Gasteiger charge is -2.27. The maximum atomic E-state index is 13.1. The van der Waals surface area contributed by atoms with Crippen molar-refractivity contribution in [3.63, 3.8) is 0 Å². The zero-order chi connectivity index (χ0) is 19.7. The third-order valence-electron chi connectivity index (χ3n) is 4.41. The van der Waals surface area contributed by atoms with Crippen LogP contribution in [-0.2, 0) is 4.79 Å². The number of carbonyl (C=O) groups excluding carboxylic acids is 1. The number of non-ortho nitro benzene ring substituents is 1. The maximum Gasteiger partial charge on any atom is 0.269 e. The van der Waals surface area contributed by atoms with Crippen LogP contribution in [0.5, 0.6) is 0 Å². The van der Waals surface area contributed by atoms with Gasteiger partial charge in [-0.3, -0.25) is 14.9 Å². The minimum atomic E-state index is -0.629. The number of nitro groups is 1. The van der Waals surface area contributed by atoms with Gasteiger partial charge in [-0.15, -0.1) is 0 Å². The first-order chi connectivity index (χ1) is 13.5. The number of nitrogens with zero attached hydrogens (tertiary/aromatic N) is 5. The number of rotatable bonds is 4. The molecule has 0 radical (unpaired) electrons. The second-order valence-corrected chi connectivity index (χ2v) is 6.18. The van der Waals surface area contributed by atoms with Crippen LogP contribution < -0.4 is 10.6 Å². The minimum Gasteiger partial charge on any atom is -0.326 e. The molecule has 0 bridgehead atoms. The molecule has 0 spiro atoms. The lowest BCUT2D eigenvalue weighted by atomic mass is 9.95. The number of hydrogen-bond donors (Lipinski definition) is 2. The zero-order valence-electron chi connectivity index (χ0n) is 14.7. The van der Waals surface area contributed by atoms with Gasteiger partial charge in [0.2, 0.25) is 5.95 Å². The van der Waals surface area contributed by atoms with Crippen LogP contribution in [0.1, 0.15) is 18.5 Å². The molecule has 2 aromatic carbocycles. The van der Waals surface area contributed by atoms with Crippen molar-refractivity contribution in [1.29, 1.82) is 0 Å². The van der Waals surface area contributed by atoms with Crippen LogP contribution in [0.4, 0.5) is 17.3 Å². The highest BCUT2D eigenvalue weighted by molar-refractivity contribution is 6.06. The lowest BCUT2D eigenvalue weighted by molar-refractivity contribution is -0.384. The monoisotopic (exact) mass is 377 g/mol. The van der Waals surface area contributed by atoms with Gasteiger partial charge in [-0.2, -0.15) is 4.68 Å². The highest BCUT2D eigenvalue weighted by Crippen LogP contribution is 2.35. The van der Waals surface area contributed by atoms with Crippen molar-refractivity contribution in [2.45, 2.75) is 13.0 Å². The van der Waals surface area contributed by atoms with Crippen LogP contribution in [0.3, 0.4) is 0 Å². The molecule has 1 aromatic heterocycles. The van der Waals surface area contributed by atoms with Crippen molar-refractivity contribution < 1.29 is 9.72 Å². The molecule has 0 saturated heterocycles. The van der Waals surface area contributed by atoms with Crippen LogP contribution in [0.2, 0.25) is 0 Å². The predicted octanol–water partition coefficient (Wildman–Crippen LogP) is 2.51. The molecule has 4 rings (SSSR count). The van der Waals surface area contributed by atoms with E-state index in [1.54, 1.807) is 31.2 Å². The third-order valence-corrected chi connectivity index (χ3v) is 4.41. The van der Waals surface area contributed by atoms with E-state index in [0.717, 1.165) is 0 Å². The smallest absolute Gasteiger partial charge is 0.269 e. The van der Waals surface area contributed by atoms with Gasteiger partial charge < -0.3 is 10.6 Å². The Labute approximate surface area is 159 Å². The van der Waals surface area contributed by atoms with Gasteiger partial charge in [-0.1, -0.05) is 23.3 Å². The van der Waals surface area contributed by atoms with E-state index >= 15 is 0 Å². The van der Waals surface area contributed by atoms with Gasteiger partial charge in [0.05, 0.1) is 10.5 Å². The van der Waals surface area contributed by atoms with Crippen LogP contribution in [0.25, 0.3) is 0 Å². The van der Waals surface area contributed by atoms with Gasteiger partial charge in [0.1, 0.15) is 6.04 Å². The van der Waals surface area contributed by atoms with E-state index in [9.17, 15) is 14.9 Å². The SMILES string of the molecule is CC1=C(C(=O)Nc2ccccc2)[C@@H](c2ccc([N+](=O)[O-])cc2)n2nnnc2N1. The molecule has 0 aliphatic carbocycles. The van der Waals surface area contributed by atoms with E-state index in [2.05, 4.69) is 26.2 Å². The Morgan fingerprint density at radius 3 is 2.57 bits per heavy atom. The van der Waals surface area contributed by atoms with Gasteiger partial charge in [0, 0.05) is 23.5 Å². The topological polar surface area (TPSA) is 128 Å². The number of fused-ring (bicyclic) bond motifs is 1.